The topological polar surface area (TPSA) is 0 Å². The molecular weight excluding hydrogens is 2290 g/mol. The van der Waals surface area contributed by atoms with E-state index in [2.05, 4.69) is 438 Å². The molecular formula is C104H55Br7S15. The molecule has 8 aromatic carbocycles. The fraction of sp³-hybridized carbons (Fsp3) is 0. The molecule has 0 unspecified atom stereocenters. The van der Waals surface area contributed by atoms with E-state index in [4.69, 9.17) is 12.6 Å². The van der Waals surface area contributed by atoms with Gasteiger partial charge in [0, 0.05) is 178 Å². The van der Waals surface area contributed by atoms with Crippen LogP contribution in [0.2, 0.25) is 0 Å². The lowest BCUT2D eigenvalue weighted by Gasteiger charge is -2.09. The van der Waals surface area contributed by atoms with Crippen LogP contribution in [0.1, 0.15) is 0 Å². The van der Waals surface area contributed by atoms with E-state index in [9.17, 15) is 0 Å². The molecule has 610 valence electrons. The first-order valence-electron chi connectivity index (χ1n) is 39.3. The quantitative estimate of drug-likeness (QED) is 0.0681. The van der Waals surface area contributed by atoms with Crippen LogP contribution in [0.15, 0.2) is 362 Å². The summed E-state index contributed by atoms with van der Waals surface area (Å²) in [6.07, 6.45) is 0. The fourth-order valence-corrected chi connectivity index (χ4v) is 33.7. The van der Waals surface area contributed by atoms with Gasteiger partial charge in [-0.1, -0.05) is 209 Å². The number of thiol groups is 1. The van der Waals surface area contributed by atoms with Gasteiger partial charge in [0.1, 0.15) is 0 Å². The third kappa shape index (κ3) is 17.2. The lowest BCUT2D eigenvalue weighted by molar-refractivity contribution is 1.48. The molecule has 0 saturated carbocycles. The zero-order chi connectivity index (χ0) is 85.0. The summed E-state index contributed by atoms with van der Waals surface area (Å²) in [6.45, 7) is 0. The summed E-state index contributed by atoms with van der Waals surface area (Å²) in [5.41, 5.74) is 19.3. The summed E-state index contributed by atoms with van der Waals surface area (Å²) in [5.74, 6) is 0. The van der Waals surface area contributed by atoms with Crippen LogP contribution in [0.4, 0.5) is 0 Å². The van der Waals surface area contributed by atoms with E-state index in [0.29, 0.717) is 0 Å². The summed E-state index contributed by atoms with van der Waals surface area (Å²) >= 11 is 57.4. The van der Waals surface area contributed by atoms with Crippen molar-refractivity contribution in [2.75, 3.05) is 0 Å². The molecule has 0 nitrogen and oxygen atoms in total. The highest BCUT2D eigenvalue weighted by molar-refractivity contribution is 9.11. The maximum absolute atomic E-state index is 4.73. The van der Waals surface area contributed by atoms with Crippen molar-refractivity contribution in [2.45, 2.75) is 4.90 Å². The van der Waals surface area contributed by atoms with Crippen LogP contribution >= 0.6 is 283 Å². The Balaban J connectivity index is 0.808. The van der Waals surface area contributed by atoms with Crippen LogP contribution < -0.4 is 0 Å². The molecule has 0 aliphatic rings. The van der Waals surface area contributed by atoms with Gasteiger partial charge in [0.25, 0.3) is 0 Å². The van der Waals surface area contributed by atoms with Gasteiger partial charge in [0.2, 0.25) is 0 Å². The Morgan fingerprint density at radius 2 is 0.325 bits per heavy atom. The van der Waals surface area contributed by atoms with Crippen LogP contribution in [0.25, 0.3) is 216 Å². The van der Waals surface area contributed by atoms with Crippen molar-refractivity contribution in [1.82, 2.24) is 0 Å². The number of rotatable bonds is 21. The van der Waals surface area contributed by atoms with Gasteiger partial charge in [-0.05, 0) is 274 Å². The molecule has 22 heteroatoms. The Morgan fingerprint density at radius 3 is 0.548 bits per heavy atom. The standard InChI is InChI=1S/C104H55Br7S15/c105-63-17-1-55(2-18-63)77-33-41-85(115-77)71-49-93(123-99(71)89-45-37-81(119-89)58-7-23-66(108)24-8-58)97-75(53-113-103(97)95-51-73(87-43-35-79(117-87)57-5-21-65(107)22-6-57)101(125-95)91-47-39-83(121-91)60-11-27-68(110)28-12-60)76-54-114-104(96-52-74(88-44-36-80(118-88)62-15-31-70(112)32-16-62)102(126-96)92-48-40-84(122-92)61-13-29-69(111)30-14-61)98(76)94-50-72(86-42-34-78(116-86)56-3-19-64(106)20-4-56)100(124-94)90-46-38-82(120-90)59-9-25-67(109)26-10-59/h1-54,112H. The Bertz CT molecular complexity index is 6900. The molecule has 126 heavy (non-hydrogen) atoms. The van der Waals surface area contributed by atoms with Crippen molar-refractivity contribution in [2.24, 2.45) is 0 Å². The highest BCUT2D eigenvalue weighted by Crippen LogP contribution is 2.63. The number of benzene rings is 8. The number of hydrogen-bond donors (Lipinski definition) is 1. The summed E-state index contributed by atoms with van der Waals surface area (Å²) in [5, 5.41) is 5.05. The minimum Gasteiger partial charge on any atom is -0.143 e. The molecule has 0 fully saturated rings. The van der Waals surface area contributed by atoms with Crippen LogP contribution in [-0.2, 0) is 0 Å². The summed E-state index contributed by atoms with van der Waals surface area (Å²) in [6, 6.07) is 117. The second kappa shape index (κ2) is 36.4. The van der Waals surface area contributed by atoms with Crippen molar-refractivity contribution < 1.29 is 0 Å². The smallest absolute Gasteiger partial charge is 0.0536 e. The highest BCUT2D eigenvalue weighted by atomic mass is 79.9. The maximum Gasteiger partial charge on any atom is 0.0536 e. The first kappa shape index (κ1) is 84.8. The first-order valence-corrected chi connectivity index (χ1v) is 56.9. The molecule has 0 radical (unpaired) electrons. The predicted octanol–water partition coefficient (Wildman–Crippen LogP) is 43.2. The zero-order valence-electron chi connectivity index (χ0n) is 65.0. The van der Waals surface area contributed by atoms with Gasteiger partial charge in [-0.3, -0.25) is 0 Å². The van der Waals surface area contributed by atoms with Crippen molar-refractivity contribution in [1.29, 1.82) is 0 Å². The largest absolute Gasteiger partial charge is 0.143 e. The van der Waals surface area contributed by atoms with E-state index in [1.165, 1.54) is 216 Å². The Kier molecular flexibility index (Phi) is 24.5. The first-order chi connectivity index (χ1) is 61.6. The van der Waals surface area contributed by atoms with Crippen LogP contribution in [0.3, 0.4) is 0 Å². The minimum absolute atomic E-state index is 0.944. The third-order valence-corrected chi connectivity index (χ3v) is 42.4. The molecule has 0 N–H and O–H groups in total. The van der Waals surface area contributed by atoms with Crippen molar-refractivity contribution in [3.05, 3.63) is 358 Å². The average Bonchev–Trinajstić information content (AvgIpc) is 1.57. The third-order valence-electron chi connectivity index (χ3n) is 21.6. The van der Waals surface area contributed by atoms with E-state index in [1.807, 2.05) is 159 Å². The second-order valence-corrected chi connectivity index (χ2v) is 51.1. The van der Waals surface area contributed by atoms with Crippen LogP contribution in [0, 0.1) is 0 Å². The molecule has 14 heterocycles. The molecule has 0 aliphatic carbocycles. The van der Waals surface area contributed by atoms with Gasteiger partial charge < -0.3 is 0 Å². The molecule has 0 spiro atoms. The lowest BCUT2D eigenvalue weighted by Crippen LogP contribution is -1.82. The van der Waals surface area contributed by atoms with E-state index < -0.39 is 0 Å². The van der Waals surface area contributed by atoms with Gasteiger partial charge in [0.15, 0.2) is 0 Å². The Hall–Kier alpha value is -6.73. The molecule has 0 atom stereocenters. The van der Waals surface area contributed by atoms with Crippen molar-refractivity contribution in [3.8, 4) is 216 Å². The monoisotopic (exact) mass is 2340 g/mol. The molecule has 22 rings (SSSR count). The minimum atomic E-state index is 0.944. The summed E-state index contributed by atoms with van der Waals surface area (Å²) < 4.78 is 7.42. The van der Waals surface area contributed by atoms with Gasteiger partial charge in [0.05, 0.1) is 29.3 Å². The Labute approximate surface area is 849 Å². The van der Waals surface area contributed by atoms with Gasteiger partial charge in [-0.25, -0.2) is 0 Å². The van der Waals surface area contributed by atoms with Gasteiger partial charge in [-0.2, -0.15) is 0 Å². The van der Waals surface area contributed by atoms with Crippen LogP contribution in [-0.4, -0.2) is 0 Å². The van der Waals surface area contributed by atoms with E-state index >= 15 is 0 Å². The molecule has 14 aromatic heterocycles. The molecule has 0 saturated heterocycles. The van der Waals surface area contributed by atoms with E-state index in [1.54, 1.807) is 0 Å². The van der Waals surface area contributed by atoms with Crippen molar-refractivity contribution in [3.63, 3.8) is 0 Å². The predicted molar refractivity (Wildman–Crippen MR) is 592 cm³/mol. The highest BCUT2D eigenvalue weighted by Gasteiger charge is 2.33. The summed E-state index contributed by atoms with van der Waals surface area (Å²) in [7, 11) is 0. The SMILES string of the molecule is Sc1ccc(-c2ccc(-c3cc(-c4scc(-c5csc(-c6cc(-c7ccc(-c8ccc(Br)cc8)s7)c(-c7ccc(-c8ccc(Br)cc8)s7)s6)c5-c5cc(-c6ccc(-c7ccc(Br)cc7)s6)c(-c6ccc(-c7ccc(Br)cc7)s6)s5)c4-c4cc(-c5ccc(-c6ccc(Br)cc6)s5)c(-c5ccc(-c6ccc(Br)cc6)s5)s4)sc3-c3ccc(-c4ccc(Br)cc4)s3)s2)cc1. The van der Waals surface area contributed by atoms with Crippen LogP contribution in [0.5, 0.6) is 0 Å². The Morgan fingerprint density at radius 1 is 0.151 bits per heavy atom. The van der Waals surface area contributed by atoms with Gasteiger partial charge in [-0.15, -0.1) is 171 Å². The second-order valence-electron chi connectivity index (χ2n) is 29.5. The lowest BCUT2D eigenvalue weighted by atomic mass is 9.96. The van der Waals surface area contributed by atoms with Gasteiger partial charge >= 0.3 is 0 Å². The average molecular weight is 2340 g/mol. The zero-order valence-corrected chi connectivity index (χ0v) is 88.4. The molecule has 22 aromatic rings. The maximum atomic E-state index is 4.73. The molecule has 0 aliphatic heterocycles. The number of hydrogen-bond acceptors (Lipinski definition) is 15. The van der Waals surface area contributed by atoms with Crippen molar-refractivity contribution >= 4 is 283 Å². The fourth-order valence-electron chi connectivity index (χ4n) is 15.4. The van der Waals surface area contributed by atoms with E-state index in [-0.39, 0.29) is 0 Å². The molecule has 0 bridgehead atoms. The van der Waals surface area contributed by atoms with E-state index in [0.717, 1.165) is 36.2 Å². The number of thiophene rings is 14. The molecule has 0 amide bonds. The summed E-state index contributed by atoms with van der Waals surface area (Å²) in [4.78, 5) is 32.9. The normalized spacial score (nSPS) is 11.7. The number of halogens is 7.